The summed E-state index contributed by atoms with van der Waals surface area (Å²) in [5.41, 5.74) is 6.76. The molecule has 3 rings (SSSR count). The van der Waals surface area contributed by atoms with Crippen molar-refractivity contribution in [3.63, 3.8) is 0 Å². The molecule has 1 aromatic heterocycles. The maximum Gasteiger partial charge on any atom is 0.166 e. The van der Waals surface area contributed by atoms with Gasteiger partial charge in [0.25, 0.3) is 0 Å². The van der Waals surface area contributed by atoms with E-state index in [1.54, 1.807) is 0 Å². The Morgan fingerprint density at radius 3 is 2.85 bits per heavy atom. The normalized spacial score (nSPS) is 25.6. The summed E-state index contributed by atoms with van der Waals surface area (Å²) >= 11 is 0. The average Bonchev–Trinajstić information content (AvgIpc) is 2.43. The predicted molar refractivity (Wildman–Crippen MR) is 75.8 cm³/mol. The number of nitrogens with zero attached hydrogens (tertiary/aromatic N) is 1. The number of hydrogen-bond donors (Lipinski definition) is 1. The molecule has 0 aromatic carbocycles. The van der Waals surface area contributed by atoms with Gasteiger partial charge in [-0.3, -0.25) is 0 Å². The first kappa shape index (κ1) is 13.6. The van der Waals surface area contributed by atoms with E-state index < -0.39 is 0 Å². The van der Waals surface area contributed by atoms with E-state index in [2.05, 4.69) is 4.98 Å². The van der Waals surface area contributed by atoms with Crippen LogP contribution in [0, 0.1) is 6.92 Å². The fourth-order valence-electron chi connectivity index (χ4n) is 3.02. The van der Waals surface area contributed by atoms with Crippen LogP contribution in [0.15, 0.2) is 12.1 Å². The van der Waals surface area contributed by atoms with Crippen molar-refractivity contribution in [3.8, 4) is 5.75 Å². The highest BCUT2D eigenvalue weighted by Gasteiger charge is 2.40. The number of aryl methyl sites for hydroxylation is 1. The first-order chi connectivity index (χ1) is 9.67. The summed E-state index contributed by atoms with van der Waals surface area (Å²) in [6.07, 6.45) is 3.86. The molecule has 2 saturated heterocycles. The molecule has 2 aliphatic heterocycles. The van der Waals surface area contributed by atoms with Gasteiger partial charge in [-0.05, 0) is 31.9 Å². The number of anilines is 1. The zero-order valence-electron chi connectivity index (χ0n) is 11.9. The Morgan fingerprint density at radius 2 is 2.10 bits per heavy atom. The molecule has 1 spiro atoms. The Morgan fingerprint density at radius 1 is 1.30 bits per heavy atom. The number of ether oxygens (including phenoxy) is 3. The van der Waals surface area contributed by atoms with Crippen LogP contribution in [0.25, 0.3) is 0 Å². The van der Waals surface area contributed by atoms with Crippen LogP contribution < -0.4 is 10.5 Å². The first-order valence-electron chi connectivity index (χ1n) is 7.28. The molecule has 2 N–H and O–H groups in total. The van der Waals surface area contributed by atoms with Crippen molar-refractivity contribution >= 4 is 5.82 Å². The molecule has 2 fully saturated rings. The molecule has 0 amide bonds. The van der Waals surface area contributed by atoms with Crippen molar-refractivity contribution in [1.82, 2.24) is 4.98 Å². The molecule has 20 heavy (non-hydrogen) atoms. The summed E-state index contributed by atoms with van der Waals surface area (Å²) in [7, 11) is 0. The number of hydrogen-bond acceptors (Lipinski definition) is 5. The molecule has 2 aliphatic rings. The summed E-state index contributed by atoms with van der Waals surface area (Å²) in [6.45, 7) is 4.22. The van der Waals surface area contributed by atoms with Crippen LogP contribution in [0.5, 0.6) is 5.75 Å². The number of aromatic nitrogens is 1. The average molecular weight is 278 g/mol. The van der Waals surface area contributed by atoms with E-state index in [9.17, 15) is 0 Å². The second-order valence-corrected chi connectivity index (χ2v) is 5.71. The molecule has 5 heteroatoms. The SMILES string of the molecule is Cc1ccc(OC2CCOC3(CCOCC3)C2)c(N)n1. The Kier molecular flexibility index (Phi) is 3.81. The molecular weight excluding hydrogens is 256 g/mol. The topological polar surface area (TPSA) is 66.6 Å². The standard InChI is InChI=1S/C15H22N2O3/c1-11-2-3-13(14(16)17-11)20-12-4-7-19-15(10-12)5-8-18-9-6-15/h2-3,12H,4-10H2,1H3,(H2,16,17). The van der Waals surface area contributed by atoms with E-state index in [0.29, 0.717) is 11.6 Å². The van der Waals surface area contributed by atoms with Gasteiger partial charge >= 0.3 is 0 Å². The van der Waals surface area contributed by atoms with Gasteiger partial charge in [0.2, 0.25) is 0 Å². The smallest absolute Gasteiger partial charge is 0.166 e. The maximum absolute atomic E-state index is 6.06. The van der Waals surface area contributed by atoms with E-state index in [4.69, 9.17) is 19.9 Å². The maximum atomic E-state index is 6.06. The highest BCUT2D eigenvalue weighted by Crippen LogP contribution is 2.36. The van der Waals surface area contributed by atoms with Gasteiger partial charge in [-0.15, -0.1) is 0 Å². The quantitative estimate of drug-likeness (QED) is 0.897. The van der Waals surface area contributed by atoms with E-state index in [1.807, 2.05) is 19.1 Å². The van der Waals surface area contributed by atoms with Crippen LogP contribution >= 0.6 is 0 Å². The van der Waals surface area contributed by atoms with Gasteiger partial charge in [-0.2, -0.15) is 0 Å². The number of pyridine rings is 1. The van der Waals surface area contributed by atoms with Crippen LogP contribution in [-0.4, -0.2) is 36.5 Å². The fourth-order valence-corrected chi connectivity index (χ4v) is 3.02. The molecule has 0 saturated carbocycles. The van der Waals surface area contributed by atoms with Crippen LogP contribution in [-0.2, 0) is 9.47 Å². The van der Waals surface area contributed by atoms with E-state index in [-0.39, 0.29) is 11.7 Å². The van der Waals surface area contributed by atoms with Crippen molar-refractivity contribution in [2.45, 2.75) is 44.3 Å². The molecule has 1 aromatic rings. The minimum absolute atomic E-state index is 0.0615. The van der Waals surface area contributed by atoms with E-state index in [1.165, 1.54) is 0 Å². The van der Waals surface area contributed by atoms with Crippen molar-refractivity contribution in [3.05, 3.63) is 17.8 Å². The minimum Gasteiger partial charge on any atom is -0.486 e. The van der Waals surface area contributed by atoms with Gasteiger partial charge in [0.05, 0.1) is 12.2 Å². The van der Waals surface area contributed by atoms with E-state index in [0.717, 1.165) is 51.2 Å². The first-order valence-corrected chi connectivity index (χ1v) is 7.28. The highest BCUT2D eigenvalue weighted by atomic mass is 16.5. The second kappa shape index (κ2) is 5.58. The summed E-state index contributed by atoms with van der Waals surface area (Å²) in [4.78, 5) is 4.24. The summed E-state index contributed by atoms with van der Waals surface area (Å²) in [6, 6.07) is 3.83. The van der Waals surface area contributed by atoms with Gasteiger partial charge in [-0.1, -0.05) is 0 Å². The molecule has 5 nitrogen and oxygen atoms in total. The number of nitrogen functional groups attached to an aromatic ring is 1. The third kappa shape index (κ3) is 2.88. The molecule has 110 valence electrons. The van der Waals surface area contributed by atoms with Crippen LogP contribution in [0.4, 0.5) is 5.82 Å². The molecule has 0 radical (unpaired) electrons. The molecule has 1 atom stereocenters. The Labute approximate surface area is 119 Å². The Balaban J connectivity index is 1.68. The predicted octanol–water partition coefficient (Wildman–Crippen LogP) is 2.08. The van der Waals surface area contributed by atoms with Crippen LogP contribution in [0.1, 0.15) is 31.4 Å². The minimum atomic E-state index is -0.0615. The van der Waals surface area contributed by atoms with Crippen LogP contribution in [0.2, 0.25) is 0 Å². The van der Waals surface area contributed by atoms with Crippen molar-refractivity contribution in [2.24, 2.45) is 0 Å². The highest BCUT2D eigenvalue weighted by molar-refractivity contribution is 5.46. The summed E-state index contributed by atoms with van der Waals surface area (Å²) in [5.74, 6) is 1.15. The molecule has 1 unspecified atom stereocenters. The largest absolute Gasteiger partial charge is 0.486 e. The zero-order chi connectivity index (χ0) is 14.0. The fraction of sp³-hybridized carbons (Fsp3) is 0.667. The van der Waals surface area contributed by atoms with Gasteiger partial charge in [0.15, 0.2) is 11.6 Å². The van der Waals surface area contributed by atoms with E-state index >= 15 is 0 Å². The Bertz CT molecular complexity index is 467. The van der Waals surface area contributed by atoms with Crippen LogP contribution in [0.3, 0.4) is 0 Å². The molecular formula is C15H22N2O3. The molecule has 0 bridgehead atoms. The van der Waals surface area contributed by atoms with Gasteiger partial charge in [0, 0.05) is 31.7 Å². The number of nitrogens with two attached hydrogens (primary N) is 1. The van der Waals surface area contributed by atoms with Crippen molar-refractivity contribution in [2.75, 3.05) is 25.6 Å². The molecule has 3 heterocycles. The van der Waals surface area contributed by atoms with Gasteiger partial charge < -0.3 is 19.9 Å². The van der Waals surface area contributed by atoms with Crippen molar-refractivity contribution < 1.29 is 14.2 Å². The Hall–Kier alpha value is -1.33. The molecule has 0 aliphatic carbocycles. The van der Waals surface area contributed by atoms with Gasteiger partial charge in [-0.25, -0.2) is 4.98 Å². The summed E-state index contributed by atoms with van der Waals surface area (Å²) < 4.78 is 17.5. The lowest BCUT2D eigenvalue weighted by molar-refractivity contribution is -0.155. The number of rotatable bonds is 2. The van der Waals surface area contributed by atoms with Crippen molar-refractivity contribution in [1.29, 1.82) is 0 Å². The lowest BCUT2D eigenvalue weighted by atomic mass is 9.85. The monoisotopic (exact) mass is 278 g/mol. The zero-order valence-corrected chi connectivity index (χ0v) is 11.9. The van der Waals surface area contributed by atoms with Gasteiger partial charge in [0.1, 0.15) is 6.10 Å². The second-order valence-electron chi connectivity index (χ2n) is 5.71. The summed E-state index contributed by atoms with van der Waals surface area (Å²) in [5, 5.41) is 0. The third-order valence-electron chi connectivity index (χ3n) is 4.17. The lowest BCUT2D eigenvalue weighted by Crippen LogP contribution is -2.47. The third-order valence-corrected chi connectivity index (χ3v) is 4.17. The lowest BCUT2D eigenvalue weighted by Gasteiger charge is -2.43.